The van der Waals surface area contributed by atoms with Crippen LogP contribution in [0.5, 0.6) is 0 Å². The molecule has 0 amide bonds. The van der Waals surface area contributed by atoms with Gasteiger partial charge in [-0.3, -0.25) is 19.7 Å². The van der Waals surface area contributed by atoms with E-state index in [1.165, 1.54) is 6.20 Å². The molecule has 0 bridgehead atoms. The van der Waals surface area contributed by atoms with Crippen LogP contribution in [-0.4, -0.2) is 38.5 Å². The van der Waals surface area contributed by atoms with Gasteiger partial charge in [0.25, 0.3) is 5.69 Å². The van der Waals surface area contributed by atoms with E-state index in [1.54, 1.807) is 30.7 Å². The second-order valence-electron chi connectivity index (χ2n) is 5.26. The highest BCUT2D eigenvalue weighted by atomic mass is 16.6. The van der Waals surface area contributed by atoms with Gasteiger partial charge in [-0.2, -0.15) is 0 Å². The van der Waals surface area contributed by atoms with Crippen molar-refractivity contribution in [3.05, 3.63) is 64.9 Å². The van der Waals surface area contributed by atoms with Crippen molar-refractivity contribution in [2.75, 3.05) is 14.1 Å². The Hall–Kier alpha value is -3.22. The molecule has 3 aromatic heterocycles. The summed E-state index contributed by atoms with van der Waals surface area (Å²) in [5.41, 5.74) is 1.37. The van der Waals surface area contributed by atoms with E-state index < -0.39 is 4.92 Å². The molecule has 0 saturated carbocycles. The second kappa shape index (κ2) is 5.88. The molecular formula is C16H15N5O2. The first-order chi connectivity index (χ1) is 11.1. The summed E-state index contributed by atoms with van der Waals surface area (Å²) in [6.45, 7) is 0. The van der Waals surface area contributed by atoms with Crippen LogP contribution in [-0.2, 0) is 0 Å². The first-order valence-electron chi connectivity index (χ1n) is 6.97. The fourth-order valence-electron chi connectivity index (χ4n) is 2.27. The smallest absolute Gasteiger partial charge is 0.294 e. The predicted octanol–water partition coefficient (Wildman–Crippen LogP) is 2.86. The maximum absolute atomic E-state index is 11.2. The van der Waals surface area contributed by atoms with E-state index in [0.29, 0.717) is 11.4 Å². The minimum absolute atomic E-state index is 0.0264. The highest BCUT2D eigenvalue weighted by molar-refractivity contribution is 5.80. The number of nitro groups is 1. The van der Waals surface area contributed by atoms with Gasteiger partial charge in [0.2, 0.25) is 0 Å². The Kier molecular flexibility index (Phi) is 3.76. The van der Waals surface area contributed by atoms with Gasteiger partial charge in [-0.05, 0) is 30.5 Å². The molecule has 0 radical (unpaired) electrons. The zero-order valence-corrected chi connectivity index (χ0v) is 12.7. The lowest BCUT2D eigenvalue weighted by molar-refractivity contribution is -0.385. The second-order valence-corrected chi connectivity index (χ2v) is 5.26. The third-order valence-corrected chi connectivity index (χ3v) is 3.39. The molecule has 23 heavy (non-hydrogen) atoms. The molecule has 3 rings (SSSR count). The topological polar surface area (TPSA) is 77.1 Å². The van der Waals surface area contributed by atoms with Crippen LogP contribution in [0.1, 0.15) is 5.56 Å². The monoisotopic (exact) mass is 309 g/mol. The maximum Gasteiger partial charge on any atom is 0.294 e. The predicted molar refractivity (Wildman–Crippen MR) is 88.2 cm³/mol. The van der Waals surface area contributed by atoms with Gasteiger partial charge < -0.3 is 4.90 Å². The molecule has 0 aromatic carbocycles. The van der Waals surface area contributed by atoms with Crippen molar-refractivity contribution >= 4 is 22.7 Å². The van der Waals surface area contributed by atoms with Crippen molar-refractivity contribution < 1.29 is 4.92 Å². The van der Waals surface area contributed by atoms with Crippen LogP contribution in [0.25, 0.3) is 22.8 Å². The average Bonchev–Trinajstić information content (AvgIpc) is 2.96. The van der Waals surface area contributed by atoms with E-state index in [4.69, 9.17) is 0 Å². The lowest BCUT2D eigenvalue weighted by Gasteiger charge is -2.07. The van der Waals surface area contributed by atoms with Crippen molar-refractivity contribution in [3.8, 4) is 5.82 Å². The van der Waals surface area contributed by atoms with Crippen LogP contribution in [0.2, 0.25) is 0 Å². The van der Waals surface area contributed by atoms with Crippen LogP contribution >= 0.6 is 0 Å². The van der Waals surface area contributed by atoms with E-state index >= 15 is 0 Å². The zero-order chi connectivity index (χ0) is 16.4. The molecule has 3 aromatic rings. The lowest BCUT2D eigenvalue weighted by atomic mass is 10.2. The molecule has 0 aliphatic heterocycles. The number of pyridine rings is 2. The fourth-order valence-corrected chi connectivity index (χ4v) is 2.27. The maximum atomic E-state index is 11.2. The summed E-state index contributed by atoms with van der Waals surface area (Å²) in [5, 5.41) is 12.2. The average molecular weight is 309 g/mol. The van der Waals surface area contributed by atoms with E-state index in [-0.39, 0.29) is 5.69 Å². The molecule has 0 N–H and O–H groups in total. The van der Waals surface area contributed by atoms with Gasteiger partial charge in [-0.1, -0.05) is 0 Å². The standard InChI is InChI=1S/C16H15N5O2/c1-19(2)7-4-13-9-16(18-11-15(13)21(22)23)20-8-5-12-3-6-17-10-14(12)20/h3-11H,1-2H3/b7-4+. The summed E-state index contributed by atoms with van der Waals surface area (Å²) in [6, 6.07) is 5.56. The molecule has 116 valence electrons. The van der Waals surface area contributed by atoms with Crippen LogP contribution < -0.4 is 0 Å². The Labute approximate surface area is 132 Å². The molecule has 0 saturated heterocycles. The van der Waals surface area contributed by atoms with Gasteiger partial charge in [-0.15, -0.1) is 0 Å². The van der Waals surface area contributed by atoms with Gasteiger partial charge in [-0.25, -0.2) is 4.98 Å². The first kappa shape index (κ1) is 14.7. The summed E-state index contributed by atoms with van der Waals surface area (Å²) < 4.78 is 1.86. The van der Waals surface area contributed by atoms with Crippen molar-refractivity contribution in [1.29, 1.82) is 0 Å². The van der Waals surface area contributed by atoms with Gasteiger partial charge in [0, 0.05) is 31.9 Å². The normalized spacial score (nSPS) is 11.2. The van der Waals surface area contributed by atoms with Crippen LogP contribution in [0, 0.1) is 10.1 Å². The summed E-state index contributed by atoms with van der Waals surface area (Å²) >= 11 is 0. The number of hydrogen-bond donors (Lipinski definition) is 0. The van der Waals surface area contributed by atoms with Gasteiger partial charge in [0.15, 0.2) is 0 Å². The van der Waals surface area contributed by atoms with Gasteiger partial charge in [0.1, 0.15) is 12.0 Å². The summed E-state index contributed by atoms with van der Waals surface area (Å²) in [4.78, 5) is 20.9. The largest absolute Gasteiger partial charge is 0.383 e. The fraction of sp³-hybridized carbons (Fsp3) is 0.125. The van der Waals surface area contributed by atoms with Crippen LogP contribution in [0.4, 0.5) is 5.69 Å². The van der Waals surface area contributed by atoms with E-state index in [2.05, 4.69) is 9.97 Å². The van der Waals surface area contributed by atoms with Gasteiger partial charge >= 0.3 is 0 Å². The quantitative estimate of drug-likeness (QED) is 0.547. The minimum atomic E-state index is -0.429. The molecule has 7 heteroatoms. The summed E-state index contributed by atoms with van der Waals surface area (Å²) in [5.74, 6) is 0.608. The molecule has 3 heterocycles. The van der Waals surface area contributed by atoms with Crippen molar-refractivity contribution in [3.63, 3.8) is 0 Å². The summed E-state index contributed by atoms with van der Waals surface area (Å²) in [6.07, 6.45) is 10.1. The lowest BCUT2D eigenvalue weighted by Crippen LogP contribution is -2.02. The van der Waals surface area contributed by atoms with Crippen molar-refractivity contribution in [1.82, 2.24) is 19.4 Å². The molecule has 7 nitrogen and oxygen atoms in total. The molecule has 0 fully saturated rings. The molecular weight excluding hydrogens is 294 g/mol. The molecule has 0 aliphatic carbocycles. The third kappa shape index (κ3) is 2.89. The molecule has 0 atom stereocenters. The number of hydrogen-bond acceptors (Lipinski definition) is 5. The van der Waals surface area contributed by atoms with Crippen LogP contribution in [0.3, 0.4) is 0 Å². The Morgan fingerprint density at radius 2 is 2.13 bits per heavy atom. The molecule has 0 unspecified atom stereocenters. The third-order valence-electron chi connectivity index (χ3n) is 3.39. The van der Waals surface area contributed by atoms with E-state index in [1.807, 2.05) is 41.9 Å². The van der Waals surface area contributed by atoms with Crippen LogP contribution in [0.15, 0.2) is 49.2 Å². The first-order valence-corrected chi connectivity index (χ1v) is 6.97. The van der Waals surface area contributed by atoms with E-state index in [0.717, 1.165) is 10.9 Å². The number of aromatic nitrogens is 3. The zero-order valence-electron chi connectivity index (χ0n) is 12.7. The number of rotatable bonds is 4. The number of nitrogens with zero attached hydrogens (tertiary/aromatic N) is 5. The number of fused-ring (bicyclic) bond motifs is 1. The van der Waals surface area contributed by atoms with Gasteiger partial charge in [0.05, 0.1) is 22.2 Å². The SMILES string of the molecule is CN(C)/C=C/c1cc(-n2ccc3ccncc32)ncc1[N+](=O)[O-]. The highest BCUT2D eigenvalue weighted by Crippen LogP contribution is 2.24. The molecule has 0 spiro atoms. The van der Waals surface area contributed by atoms with Crippen molar-refractivity contribution in [2.24, 2.45) is 0 Å². The van der Waals surface area contributed by atoms with Crippen molar-refractivity contribution in [2.45, 2.75) is 0 Å². The van der Waals surface area contributed by atoms with E-state index in [9.17, 15) is 10.1 Å². The Balaban J connectivity index is 2.14. The highest BCUT2D eigenvalue weighted by Gasteiger charge is 2.15. The Morgan fingerprint density at radius 1 is 1.30 bits per heavy atom. The Bertz CT molecular complexity index is 898. The summed E-state index contributed by atoms with van der Waals surface area (Å²) in [7, 11) is 3.71. The minimum Gasteiger partial charge on any atom is -0.383 e. The molecule has 0 aliphatic rings. The Morgan fingerprint density at radius 3 is 2.87 bits per heavy atom.